The molecule has 0 spiro atoms. The quantitative estimate of drug-likeness (QED) is 0.766. The van der Waals surface area contributed by atoms with Gasteiger partial charge in [0.25, 0.3) is 0 Å². The highest BCUT2D eigenvalue weighted by atomic mass is 19.1. The zero-order valence-electron chi connectivity index (χ0n) is 12.0. The second kappa shape index (κ2) is 5.98. The fourth-order valence-corrected chi connectivity index (χ4v) is 2.29. The monoisotopic (exact) mass is 312 g/mol. The molecule has 3 aromatic rings. The summed E-state index contributed by atoms with van der Waals surface area (Å²) in [5, 5.41) is 17.4. The Morgan fingerprint density at radius 3 is 2.57 bits per heavy atom. The van der Waals surface area contributed by atoms with Crippen molar-refractivity contribution in [1.82, 2.24) is 15.0 Å². The minimum absolute atomic E-state index is 0.328. The van der Waals surface area contributed by atoms with Crippen LogP contribution < -0.4 is 5.73 Å². The number of carbonyl (C=O) groups is 1. The topological polar surface area (TPSA) is 94.0 Å². The fraction of sp³-hybridized carbons (Fsp3) is 0.0625. The Kier molecular flexibility index (Phi) is 3.86. The molecule has 3 N–H and O–H groups in total. The molecule has 1 aromatic heterocycles. The van der Waals surface area contributed by atoms with Crippen LogP contribution in [0, 0.1) is 5.82 Å². The largest absolute Gasteiger partial charge is 0.390 e. The van der Waals surface area contributed by atoms with Gasteiger partial charge in [0.15, 0.2) is 0 Å². The highest BCUT2D eigenvalue weighted by molar-refractivity contribution is 5.92. The molecule has 3 rings (SSSR count). The van der Waals surface area contributed by atoms with Crippen molar-refractivity contribution in [1.29, 1.82) is 0 Å². The van der Waals surface area contributed by atoms with E-state index in [0.717, 1.165) is 0 Å². The van der Waals surface area contributed by atoms with Crippen molar-refractivity contribution < 1.29 is 14.3 Å². The van der Waals surface area contributed by atoms with Crippen LogP contribution in [0.2, 0.25) is 0 Å². The third-order valence-corrected chi connectivity index (χ3v) is 3.38. The van der Waals surface area contributed by atoms with Gasteiger partial charge in [-0.2, -0.15) is 0 Å². The van der Waals surface area contributed by atoms with E-state index in [2.05, 4.69) is 10.3 Å². The van der Waals surface area contributed by atoms with E-state index in [1.165, 1.54) is 16.8 Å². The number of benzene rings is 2. The van der Waals surface area contributed by atoms with Gasteiger partial charge in [-0.25, -0.2) is 9.07 Å². The summed E-state index contributed by atoms with van der Waals surface area (Å²) in [4.78, 5) is 11.1. The first-order valence-electron chi connectivity index (χ1n) is 6.82. The van der Waals surface area contributed by atoms with E-state index in [-0.39, 0.29) is 6.61 Å². The number of carbonyl (C=O) groups excluding carboxylic acids is 1. The lowest BCUT2D eigenvalue weighted by Crippen LogP contribution is -2.11. The number of primary amides is 1. The Balaban J connectivity index is 2.13. The molecule has 0 atom stereocenters. The average molecular weight is 312 g/mol. The van der Waals surface area contributed by atoms with Crippen LogP contribution in [-0.2, 0) is 6.61 Å². The lowest BCUT2D eigenvalue weighted by atomic mass is 10.1. The second-order valence-electron chi connectivity index (χ2n) is 4.88. The summed E-state index contributed by atoms with van der Waals surface area (Å²) in [6.45, 7) is -0.328. The van der Waals surface area contributed by atoms with Gasteiger partial charge in [0.05, 0.1) is 12.3 Å². The van der Waals surface area contributed by atoms with Crippen molar-refractivity contribution in [3.05, 3.63) is 65.6 Å². The van der Waals surface area contributed by atoms with Gasteiger partial charge < -0.3 is 10.8 Å². The molecule has 0 aliphatic rings. The Morgan fingerprint density at radius 2 is 1.96 bits per heavy atom. The van der Waals surface area contributed by atoms with Gasteiger partial charge in [0, 0.05) is 11.1 Å². The van der Waals surface area contributed by atoms with Crippen molar-refractivity contribution in [3.63, 3.8) is 0 Å². The number of aliphatic hydroxyl groups excluding tert-OH is 1. The van der Waals surface area contributed by atoms with E-state index in [1.54, 1.807) is 36.4 Å². The van der Waals surface area contributed by atoms with E-state index < -0.39 is 11.7 Å². The maximum Gasteiger partial charge on any atom is 0.248 e. The standard InChI is InChI=1S/C16H13FN4O2/c17-12-3-1-2-11(8-12)15-14(9-22)19-20-21(15)13-6-4-10(5-7-13)16(18)23/h1-8,22H,9H2,(H2,18,23). The van der Waals surface area contributed by atoms with Gasteiger partial charge in [-0.05, 0) is 36.4 Å². The first-order valence-corrected chi connectivity index (χ1v) is 6.82. The minimum Gasteiger partial charge on any atom is -0.390 e. The molecule has 2 aromatic carbocycles. The number of hydrogen-bond donors (Lipinski definition) is 2. The molecule has 0 saturated carbocycles. The average Bonchev–Trinajstić information content (AvgIpc) is 2.99. The predicted octanol–water partition coefficient (Wildman–Crippen LogP) is 1.66. The van der Waals surface area contributed by atoms with E-state index in [9.17, 15) is 14.3 Å². The molecule has 0 unspecified atom stereocenters. The molecule has 6 nitrogen and oxygen atoms in total. The highest BCUT2D eigenvalue weighted by Gasteiger charge is 2.16. The Morgan fingerprint density at radius 1 is 1.22 bits per heavy atom. The van der Waals surface area contributed by atoms with Crippen LogP contribution in [0.5, 0.6) is 0 Å². The van der Waals surface area contributed by atoms with E-state index in [1.807, 2.05) is 0 Å². The molecule has 1 amide bonds. The number of nitrogens with two attached hydrogens (primary N) is 1. The summed E-state index contributed by atoms with van der Waals surface area (Å²) >= 11 is 0. The van der Waals surface area contributed by atoms with Gasteiger partial charge in [-0.15, -0.1) is 5.10 Å². The van der Waals surface area contributed by atoms with Crippen molar-refractivity contribution in [2.45, 2.75) is 6.61 Å². The molecule has 0 aliphatic carbocycles. The Hall–Kier alpha value is -3.06. The zero-order valence-corrected chi connectivity index (χ0v) is 12.0. The number of nitrogens with zero attached hydrogens (tertiary/aromatic N) is 3. The summed E-state index contributed by atoms with van der Waals surface area (Å²) in [6.07, 6.45) is 0. The summed E-state index contributed by atoms with van der Waals surface area (Å²) in [7, 11) is 0. The smallest absolute Gasteiger partial charge is 0.248 e. The van der Waals surface area contributed by atoms with Gasteiger partial charge in [-0.1, -0.05) is 17.3 Å². The lowest BCUT2D eigenvalue weighted by molar-refractivity contribution is 0.100. The maximum absolute atomic E-state index is 13.5. The van der Waals surface area contributed by atoms with E-state index >= 15 is 0 Å². The molecule has 0 fully saturated rings. The SMILES string of the molecule is NC(=O)c1ccc(-n2nnc(CO)c2-c2cccc(F)c2)cc1. The number of aliphatic hydroxyl groups is 1. The Labute approximate surface area is 131 Å². The van der Waals surface area contributed by atoms with Crippen molar-refractivity contribution >= 4 is 5.91 Å². The fourth-order valence-electron chi connectivity index (χ4n) is 2.29. The normalized spacial score (nSPS) is 10.7. The van der Waals surface area contributed by atoms with Crippen LogP contribution in [0.1, 0.15) is 16.1 Å². The van der Waals surface area contributed by atoms with Crippen molar-refractivity contribution in [3.8, 4) is 16.9 Å². The van der Waals surface area contributed by atoms with Crippen LogP contribution in [0.15, 0.2) is 48.5 Å². The summed E-state index contributed by atoms with van der Waals surface area (Å²) in [5.74, 6) is -0.931. The predicted molar refractivity (Wildman–Crippen MR) is 81.2 cm³/mol. The lowest BCUT2D eigenvalue weighted by Gasteiger charge is -2.08. The van der Waals surface area contributed by atoms with Gasteiger partial charge in [0.1, 0.15) is 17.2 Å². The number of amides is 1. The molecular weight excluding hydrogens is 299 g/mol. The van der Waals surface area contributed by atoms with Crippen LogP contribution in [0.25, 0.3) is 16.9 Å². The molecule has 1 heterocycles. The Bertz CT molecular complexity index is 859. The summed E-state index contributed by atoms with van der Waals surface area (Å²) in [6, 6.07) is 12.4. The first kappa shape index (κ1) is 14.9. The molecular formula is C16H13FN4O2. The third kappa shape index (κ3) is 2.82. The van der Waals surface area contributed by atoms with Crippen molar-refractivity contribution in [2.24, 2.45) is 5.73 Å². The van der Waals surface area contributed by atoms with Crippen LogP contribution in [-0.4, -0.2) is 26.0 Å². The number of hydrogen-bond acceptors (Lipinski definition) is 4. The van der Waals surface area contributed by atoms with Gasteiger partial charge in [-0.3, -0.25) is 4.79 Å². The van der Waals surface area contributed by atoms with Crippen LogP contribution in [0.4, 0.5) is 4.39 Å². The molecule has 7 heteroatoms. The van der Waals surface area contributed by atoms with E-state index in [0.29, 0.717) is 28.2 Å². The molecule has 0 bridgehead atoms. The van der Waals surface area contributed by atoms with E-state index in [4.69, 9.17) is 5.73 Å². The second-order valence-corrected chi connectivity index (χ2v) is 4.88. The number of halogens is 1. The zero-order chi connectivity index (χ0) is 16.4. The highest BCUT2D eigenvalue weighted by Crippen LogP contribution is 2.26. The molecule has 0 saturated heterocycles. The van der Waals surface area contributed by atoms with Gasteiger partial charge in [0.2, 0.25) is 5.91 Å². The summed E-state index contributed by atoms with van der Waals surface area (Å²) < 4.78 is 15.0. The third-order valence-electron chi connectivity index (χ3n) is 3.38. The molecule has 116 valence electrons. The van der Waals surface area contributed by atoms with Crippen molar-refractivity contribution in [2.75, 3.05) is 0 Å². The van der Waals surface area contributed by atoms with Crippen LogP contribution in [0.3, 0.4) is 0 Å². The maximum atomic E-state index is 13.5. The first-order chi connectivity index (χ1) is 11.1. The minimum atomic E-state index is -0.531. The molecule has 23 heavy (non-hydrogen) atoms. The molecule has 0 radical (unpaired) electrons. The van der Waals surface area contributed by atoms with Crippen LogP contribution >= 0.6 is 0 Å². The number of aromatic nitrogens is 3. The van der Waals surface area contributed by atoms with Gasteiger partial charge >= 0.3 is 0 Å². The summed E-state index contributed by atoms with van der Waals surface area (Å²) in [5.41, 5.74) is 7.55. The molecule has 0 aliphatic heterocycles. The number of rotatable bonds is 4.